The van der Waals surface area contributed by atoms with Gasteiger partial charge in [0.15, 0.2) is 11.2 Å². The molecule has 1 aromatic heterocycles. The van der Waals surface area contributed by atoms with Crippen molar-refractivity contribution in [1.29, 1.82) is 0 Å². The normalized spacial score (nSPS) is 15.8. The van der Waals surface area contributed by atoms with Crippen LogP contribution >= 0.6 is 0 Å². The van der Waals surface area contributed by atoms with Crippen LogP contribution in [0.2, 0.25) is 0 Å². The van der Waals surface area contributed by atoms with Crippen LogP contribution in [-0.2, 0) is 4.74 Å². The van der Waals surface area contributed by atoms with Crippen molar-refractivity contribution >= 4 is 16.9 Å². The highest BCUT2D eigenvalue weighted by Crippen LogP contribution is 2.22. The summed E-state index contributed by atoms with van der Waals surface area (Å²) in [5.41, 5.74) is 3.51. The third kappa shape index (κ3) is 4.45. The van der Waals surface area contributed by atoms with Gasteiger partial charge in [-0.2, -0.15) is 0 Å². The molecule has 156 valence electrons. The van der Waals surface area contributed by atoms with Crippen LogP contribution in [0.5, 0.6) is 0 Å². The molecule has 0 aliphatic carbocycles. The fourth-order valence-electron chi connectivity index (χ4n) is 3.79. The third-order valence-corrected chi connectivity index (χ3v) is 5.51. The number of nitrogens with zero attached hydrogens (tertiary/aromatic N) is 1. The second-order valence-corrected chi connectivity index (χ2v) is 7.76. The predicted molar refractivity (Wildman–Crippen MR) is 116 cm³/mol. The Labute approximate surface area is 175 Å². The monoisotopic (exact) mass is 406 g/mol. The molecule has 1 atom stereocenters. The van der Waals surface area contributed by atoms with Crippen molar-refractivity contribution in [3.05, 3.63) is 81.2 Å². The zero-order chi connectivity index (χ0) is 21.1. The largest absolute Gasteiger partial charge is 0.451 e. The Kier molecular flexibility index (Phi) is 5.97. The number of carbonyl (C=O) groups is 1. The molecular formula is C24H26N2O4. The lowest BCUT2D eigenvalue weighted by molar-refractivity contribution is 0.0161. The standard InChI is InChI=1S/C24H26N2O4/c1-16-3-6-18(7-4-16)20(26-9-11-29-12-10-26)15-25-24(28)23-14-21(27)19-8-5-17(2)13-22(19)30-23/h3-8,13-14,20H,9-12,15H2,1-2H3,(H,25,28)/t20-/m0/s1. The minimum Gasteiger partial charge on any atom is -0.451 e. The van der Waals surface area contributed by atoms with Crippen LogP contribution in [0, 0.1) is 13.8 Å². The molecule has 0 bridgehead atoms. The molecule has 2 aromatic carbocycles. The van der Waals surface area contributed by atoms with Crippen LogP contribution in [0.1, 0.15) is 33.3 Å². The zero-order valence-electron chi connectivity index (χ0n) is 17.3. The maximum absolute atomic E-state index is 12.8. The van der Waals surface area contributed by atoms with Crippen molar-refractivity contribution in [2.45, 2.75) is 19.9 Å². The van der Waals surface area contributed by atoms with Gasteiger partial charge in [0.2, 0.25) is 0 Å². The molecule has 0 unspecified atom stereocenters. The van der Waals surface area contributed by atoms with E-state index in [0.717, 1.165) is 24.2 Å². The molecule has 30 heavy (non-hydrogen) atoms. The third-order valence-electron chi connectivity index (χ3n) is 5.51. The molecule has 0 saturated carbocycles. The Balaban J connectivity index is 1.55. The van der Waals surface area contributed by atoms with Gasteiger partial charge < -0.3 is 14.5 Å². The number of hydrogen-bond donors (Lipinski definition) is 1. The van der Waals surface area contributed by atoms with Crippen molar-refractivity contribution in [2.24, 2.45) is 0 Å². The molecule has 1 fully saturated rings. The zero-order valence-corrected chi connectivity index (χ0v) is 17.3. The van der Waals surface area contributed by atoms with Gasteiger partial charge >= 0.3 is 0 Å². The maximum Gasteiger partial charge on any atom is 0.287 e. The molecule has 1 saturated heterocycles. The molecule has 6 nitrogen and oxygen atoms in total. The lowest BCUT2D eigenvalue weighted by atomic mass is 10.0. The average molecular weight is 406 g/mol. The highest BCUT2D eigenvalue weighted by Gasteiger charge is 2.24. The number of ether oxygens (including phenoxy) is 1. The van der Waals surface area contributed by atoms with Gasteiger partial charge in [0.25, 0.3) is 5.91 Å². The lowest BCUT2D eigenvalue weighted by Crippen LogP contribution is -2.43. The van der Waals surface area contributed by atoms with E-state index in [0.29, 0.717) is 30.7 Å². The molecule has 1 amide bonds. The van der Waals surface area contributed by atoms with Crippen molar-refractivity contribution in [1.82, 2.24) is 10.2 Å². The SMILES string of the molecule is Cc1ccc([C@H](CNC(=O)c2cc(=O)c3ccc(C)cc3o2)N2CCOCC2)cc1. The van der Waals surface area contributed by atoms with E-state index in [-0.39, 0.29) is 23.1 Å². The molecule has 1 aliphatic heterocycles. The topological polar surface area (TPSA) is 71.8 Å². The first-order valence-corrected chi connectivity index (χ1v) is 10.2. The summed E-state index contributed by atoms with van der Waals surface area (Å²) in [6.07, 6.45) is 0. The van der Waals surface area contributed by atoms with Gasteiger partial charge in [-0.05, 0) is 37.1 Å². The Morgan fingerprint density at radius 1 is 1.03 bits per heavy atom. The van der Waals surface area contributed by atoms with Crippen LogP contribution in [0.3, 0.4) is 0 Å². The summed E-state index contributed by atoms with van der Waals surface area (Å²) in [6.45, 7) is 7.35. The molecule has 6 heteroatoms. The van der Waals surface area contributed by atoms with Crippen LogP contribution in [0.25, 0.3) is 11.0 Å². The van der Waals surface area contributed by atoms with Crippen molar-refractivity contribution in [3.8, 4) is 0 Å². The number of nitrogens with one attached hydrogen (secondary N) is 1. The average Bonchev–Trinajstić information content (AvgIpc) is 2.75. The first-order valence-electron chi connectivity index (χ1n) is 10.2. The van der Waals surface area contributed by atoms with E-state index in [1.807, 2.05) is 13.0 Å². The van der Waals surface area contributed by atoms with Crippen LogP contribution in [0.15, 0.2) is 57.7 Å². The molecule has 3 aromatic rings. The molecular weight excluding hydrogens is 380 g/mol. The highest BCUT2D eigenvalue weighted by molar-refractivity contribution is 5.93. The quantitative estimate of drug-likeness (QED) is 0.705. The maximum atomic E-state index is 12.8. The van der Waals surface area contributed by atoms with Crippen molar-refractivity contribution in [3.63, 3.8) is 0 Å². The number of fused-ring (bicyclic) bond motifs is 1. The van der Waals surface area contributed by atoms with E-state index >= 15 is 0 Å². The summed E-state index contributed by atoms with van der Waals surface area (Å²) in [5.74, 6) is -0.358. The first-order chi connectivity index (χ1) is 14.5. The number of morpholine rings is 1. The van der Waals surface area contributed by atoms with E-state index in [1.54, 1.807) is 12.1 Å². The van der Waals surface area contributed by atoms with Gasteiger partial charge in [-0.1, -0.05) is 35.9 Å². The van der Waals surface area contributed by atoms with E-state index < -0.39 is 0 Å². The van der Waals surface area contributed by atoms with Gasteiger partial charge in [-0.15, -0.1) is 0 Å². The number of amides is 1. The van der Waals surface area contributed by atoms with Gasteiger partial charge in [-0.25, -0.2) is 0 Å². The van der Waals surface area contributed by atoms with Crippen LogP contribution in [-0.4, -0.2) is 43.7 Å². The molecule has 1 aliphatic rings. The van der Waals surface area contributed by atoms with E-state index in [4.69, 9.17) is 9.15 Å². The number of benzene rings is 2. The second-order valence-electron chi connectivity index (χ2n) is 7.76. The minimum absolute atomic E-state index is 0.0212. The fraction of sp³-hybridized carbons (Fsp3) is 0.333. The number of rotatable bonds is 5. The Bertz CT molecular complexity index is 1100. The van der Waals surface area contributed by atoms with Gasteiger partial charge in [0, 0.05) is 25.7 Å². The summed E-state index contributed by atoms with van der Waals surface area (Å²) in [4.78, 5) is 27.5. The van der Waals surface area contributed by atoms with Gasteiger partial charge in [-0.3, -0.25) is 14.5 Å². The van der Waals surface area contributed by atoms with E-state index in [2.05, 4.69) is 41.4 Å². The Morgan fingerprint density at radius 3 is 2.47 bits per heavy atom. The second kappa shape index (κ2) is 8.81. The highest BCUT2D eigenvalue weighted by atomic mass is 16.5. The predicted octanol–water partition coefficient (Wildman–Crippen LogP) is 3.21. The van der Waals surface area contributed by atoms with Crippen LogP contribution in [0.4, 0.5) is 0 Å². The smallest absolute Gasteiger partial charge is 0.287 e. The molecule has 0 radical (unpaired) electrons. The number of carbonyl (C=O) groups excluding carboxylic acids is 1. The van der Waals surface area contributed by atoms with E-state index in [9.17, 15) is 9.59 Å². The lowest BCUT2D eigenvalue weighted by Gasteiger charge is -2.35. The Hall–Kier alpha value is -2.96. The number of aryl methyl sites for hydroxylation is 2. The first kappa shape index (κ1) is 20.3. The minimum atomic E-state index is -0.388. The molecule has 0 spiro atoms. The summed E-state index contributed by atoms with van der Waals surface area (Å²) in [5, 5.41) is 3.44. The molecule has 1 N–H and O–H groups in total. The summed E-state index contributed by atoms with van der Waals surface area (Å²) in [7, 11) is 0. The fourth-order valence-corrected chi connectivity index (χ4v) is 3.79. The summed E-state index contributed by atoms with van der Waals surface area (Å²) >= 11 is 0. The van der Waals surface area contributed by atoms with Gasteiger partial charge in [0.1, 0.15) is 5.58 Å². The Morgan fingerprint density at radius 2 is 1.73 bits per heavy atom. The van der Waals surface area contributed by atoms with Crippen LogP contribution < -0.4 is 10.7 Å². The number of hydrogen-bond acceptors (Lipinski definition) is 5. The van der Waals surface area contributed by atoms with Crippen molar-refractivity contribution in [2.75, 3.05) is 32.8 Å². The summed E-state index contributed by atoms with van der Waals surface area (Å²) in [6, 6.07) is 15.0. The molecule has 2 heterocycles. The molecule has 4 rings (SSSR count). The van der Waals surface area contributed by atoms with E-state index in [1.165, 1.54) is 11.6 Å². The summed E-state index contributed by atoms with van der Waals surface area (Å²) < 4.78 is 11.2. The van der Waals surface area contributed by atoms with Gasteiger partial charge in [0.05, 0.1) is 24.6 Å². The van der Waals surface area contributed by atoms with Crippen molar-refractivity contribution < 1.29 is 13.9 Å².